The molecule has 1 heterocycles. The van der Waals surface area contributed by atoms with Gasteiger partial charge in [0, 0.05) is 19.0 Å². The highest BCUT2D eigenvalue weighted by Gasteiger charge is 2.47. The fourth-order valence-corrected chi connectivity index (χ4v) is 2.91. The number of hydrogen-bond donors (Lipinski definition) is 1. The number of para-hydroxylation sites is 1. The molecule has 1 fully saturated rings. The lowest BCUT2D eigenvalue weighted by molar-refractivity contribution is -0.196. The van der Waals surface area contributed by atoms with Crippen LogP contribution in [0.25, 0.3) is 0 Å². The van der Waals surface area contributed by atoms with Crippen LogP contribution in [0.15, 0.2) is 24.3 Å². The van der Waals surface area contributed by atoms with Crippen molar-refractivity contribution in [1.82, 2.24) is 4.90 Å². The number of halogens is 3. The molecule has 2 atom stereocenters. The highest BCUT2D eigenvalue weighted by molar-refractivity contribution is 5.77. The van der Waals surface area contributed by atoms with E-state index in [1.165, 1.54) is 7.11 Å². The highest BCUT2D eigenvalue weighted by atomic mass is 19.4. The summed E-state index contributed by atoms with van der Waals surface area (Å²) in [5, 5.41) is 0. The first-order valence-corrected chi connectivity index (χ1v) is 7.56. The van der Waals surface area contributed by atoms with Crippen LogP contribution in [0.3, 0.4) is 0 Å². The van der Waals surface area contributed by atoms with E-state index in [1.54, 1.807) is 24.3 Å². The van der Waals surface area contributed by atoms with E-state index in [2.05, 4.69) is 0 Å². The van der Waals surface area contributed by atoms with Gasteiger partial charge >= 0.3 is 6.18 Å². The van der Waals surface area contributed by atoms with Crippen molar-refractivity contribution in [3.8, 4) is 5.75 Å². The molecular weight excluding hydrogens is 309 g/mol. The van der Waals surface area contributed by atoms with Crippen LogP contribution < -0.4 is 10.5 Å². The van der Waals surface area contributed by atoms with E-state index < -0.39 is 24.2 Å². The number of alkyl halides is 3. The summed E-state index contributed by atoms with van der Waals surface area (Å²) in [6.45, 7) is -0.0467. The molecule has 0 saturated carbocycles. The smallest absolute Gasteiger partial charge is 0.408 e. The van der Waals surface area contributed by atoms with Crippen molar-refractivity contribution in [3.05, 3.63) is 29.8 Å². The largest absolute Gasteiger partial charge is 0.496 e. The summed E-state index contributed by atoms with van der Waals surface area (Å²) in [7, 11) is 1.52. The molecule has 0 aliphatic carbocycles. The summed E-state index contributed by atoms with van der Waals surface area (Å²) >= 11 is 0. The van der Waals surface area contributed by atoms with Gasteiger partial charge in [0.2, 0.25) is 5.91 Å². The summed E-state index contributed by atoms with van der Waals surface area (Å²) in [5.74, 6) is 0.108. The topological polar surface area (TPSA) is 55.6 Å². The minimum atomic E-state index is -4.42. The van der Waals surface area contributed by atoms with Gasteiger partial charge in [-0.15, -0.1) is 0 Å². The quantitative estimate of drug-likeness (QED) is 0.923. The third-order valence-corrected chi connectivity index (χ3v) is 4.12. The second kappa shape index (κ2) is 7.21. The first kappa shape index (κ1) is 17.6. The van der Waals surface area contributed by atoms with Gasteiger partial charge in [0.1, 0.15) is 11.8 Å². The van der Waals surface area contributed by atoms with Crippen molar-refractivity contribution in [3.63, 3.8) is 0 Å². The Morgan fingerprint density at radius 3 is 2.70 bits per heavy atom. The number of nitrogens with two attached hydrogens (primary N) is 1. The lowest BCUT2D eigenvalue weighted by Gasteiger charge is -2.39. The maximum atomic E-state index is 13.1. The second-order valence-electron chi connectivity index (χ2n) is 5.75. The number of benzene rings is 1. The maximum absolute atomic E-state index is 13.1. The lowest BCUT2D eigenvalue weighted by atomic mass is 9.97. The van der Waals surface area contributed by atoms with Crippen LogP contribution in [0.1, 0.15) is 24.8 Å². The summed E-state index contributed by atoms with van der Waals surface area (Å²) in [6.07, 6.45) is -3.94. The van der Waals surface area contributed by atoms with Crippen molar-refractivity contribution >= 4 is 5.91 Å². The van der Waals surface area contributed by atoms with Gasteiger partial charge < -0.3 is 15.4 Å². The number of likely N-dealkylation sites (tertiary alicyclic amines) is 1. The molecule has 0 radical (unpaired) electrons. The summed E-state index contributed by atoms with van der Waals surface area (Å²) in [6, 6.07) is 5.03. The monoisotopic (exact) mass is 330 g/mol. The van der Waals surface area contributed by atoms with Crippen LogP contribution in [-0.2, 0) is 11.2 Å². The number of carbonyl (C=O) groups excluding carboxylic acids is 1. The van der Waals surface area contributed by atoms with E-state index in [-0.39, 0.29) is 25.8 Å². The van der Waals surface area contributed by atoms with Gasteiger partial charge in [0.15, 0.2) is 0 Å². The number of methoxy groups -OCH3 is 1. The number of amides is 1. The van der Waals surface area contributed by atoms with Crippen LogP contribution in [0.5, 0.6) is 5.75 Å². The molecule has 0 bridgehead atoms. The van der Waals surface area contributed by atoms with E-state index in [0.29, 0.717) is 12.2 Å². The Morgan fingerprint density at radius 2 is 2.04 bits per heavy atom. The molecule has 1 amide bonds. The molecule has 128 valence electrons. The predicted molar refractivity (Wildman–Crippen MR) is 80.1 cm³/mol. The molecule has 7 heteroatoms. The number of carbonyl (C=O) groups is 1. The van der Waals surface area contributed by atoms with Crippen molar-refractivity contribution in [2.45, 2.75) is 43.9 Å². The van der Waals surface area contributed by atoms with Crippen LogP contribution in [0.4, 0.5) is 13.2 Å². The Morgan fingerprint density at radius 1 is 1.35 bits per heavy atom. The Labute approximate surface area is 133 Å². The van der Waals surface area contributed by atoms with E-state index >= 15 is 0 Å². The first-order chi connectivity index (χ1) is 10.8. The van der Waals surface area contributed by atoms with Crippen molar-refractivity contribution in [2.24, 2.45) is 5.73 Å². The zero-order valence-electron chi connectivity index (χ0n) is 13.0. The summed E-state index contributed by atoms with van der Waals surface area (Å²) in [5.41, 5.74) is 6.54. The van der Waals surface area contributed by atoms with Crippen molar-refractivity contribution in [2.75, 3.05) is 13.7 Å². The molecule has 0 aromatic heterocycles. The standard InChI is InChI=1S/C16H21F3N2O2/c1-23-13-5-3-2-4-11(13)6-9-15(22)21-10-12(20)7-8-14(21)16(17,18)19/h2-5,12,14H,6-10,20H2,1H3/t12-,14-/m1/s1. The molecule has 2 N–H and O–H groups in total. The van der Waals surface area contributed by atoms with Gasteiger partial charge in [-0.05, 0) is 30.9 Å². The van der Waals surface area contributed by atoms with Crippen LogP contribution in [0.2, 0.25) is 0 Å². The number of rotatable bonds is 4. The third-order valence-electron chi connectivity index (χ3n) is 4.12. The van der Waals surface area contributed by atoms with E-state index in [1.807, 2.05) is 0 Å². The fraction of sp³-hybridized carbons (Fsp3) is 0.562. The zero-order chi connectivity index (χ0) is 17.0. The van der Waals surface area contributed by atoms with E-state index in [9.17, 15) is 18.0 Å². The average molecular weight is 330 g/mol. The number of nitrogens with zero attached hydrogens (tertiary/aromatic N) is 1. The Hall–Kier alpha value is -1.76. The van der Waals surface area contributed by atoms with Crippen LogP contribution >= 0.6 is 0 Å². The molecule has 2 rings (SSSR count). The maximum Gasteiger partial charge on any atom is 0.408 e. The molecule has 1 aromatic carbocycles. The van der Waals surface area contributed by atoms with Gasteiger partial charge in [-0.2, -0.15) is 13.2 Å². The molecule has 1 aromatic rings. The molecule has 4 nitrogen and oxygen atoms in total. The number of piperidine rings is 1. The SMILES string of the molecule is COc1ccccc1CCC(=O)N1C[C@H](N)CC[C@@H]1C(F)(F)F. The van der Waals surface area contributed by atoms with Crippen LogP contribution in [0, 0.1) is 0 Å². The minimum absolute atomic E-state index is 0.000324. The molecular formula is C16H21F3N2O2. The summed E-state index contributed by atoms with van der Waals surface area (Å²) in [4.78, 5) is 13.2. The molecule has 1 aliphatic heterocycles. The van der Waals surface area contributed by atoms with Gasteiger partial charge in [0.25, 0.3) is 0 Å². The van der Waals surface area contributed by atoms with Crippen molar-refractivity contribution in [1.29, 1.82) is 0 Å². The predicted octanol–water partition coefficient (Wildman–Crippen LogP) is 2.51. The Bertz CT molecular complexity index is 548. The summed E-state index contributed by atoms with van der Waals surface area (Å²) < 4.78 is 44.5. The van der Waals surface area contributed by atoms with Crippen LogP contribution in [-0.4, -0.2) is 42.7 Å². The van der Waals surface area contributed by atoms with Gasteiger partial charge in [-0.25, -0.2) is 0 Å². The zero-order valence-corrected chi connectivity index (χ0v) is 13.0. The normalized spacial score (nSPS) is 22.0. The number of ether oxygens (including phenoxy) is 1. The van der Waals surface area contributed by atoms with E-state index in [4.69, 9.17) is 10.5 Å². The average Bonchev–Trinajstić information content (AvgIpc) is 2.51. The molecule has 1 saturated heterocycles. The van der Waals surface area contributed by atoms with Crippen molar-refractivity contribution < 1.29 is 22.7 Å². The lowest BCUT2D eigenvalue weighted by Crippen LogP contribution is -2.56. The van der Waals surface area contributed by atoms with Gasteiger partial charge in [-0.3, -0.25) is 4.79 Å². The molecule has 0 spiro atoms. The number of aryl methyl sites for hydroxylation is 1. The third kappa shape index (κ3) is 4.37. The van der Waals surface area contributed by atoms with E-state index in [0.717, 1.165) is 10.5 Å². The molecule has 23 heavy (non-hydrogen) atoms. The fourth-order valence-electron chi connectivity index (χ4n) is 2.91. The molecule has 0 unspecified atom stereocenters. The number of hydrogen-bond acceptors (Lipinski definition) is 3. The highest BCUT2D eigenvalue weighted by Crippen LogP contribution is 2.32. The second-order valence-corrected chi connectivity index (χ2v) is 5.75. The Kier molecular flexibility index (Phi) is 5.51. The van der Waals surface area contributed by atoms with Gasteiger partial charge in [-0.1, -0.05) is 18.2 Å². The molecule has 1 aliphatic rings. The van der Waals surface area contributed by atoms with Gasteiger partial charge in [0.05, 0.1) is 7.11 Å². The first-order valence-electron chi connectivity index (χ1n) is 7.56. The minimum Gasteiger partial charge on any atom is -0.496 e. The Balaban J connectivity index is 2.05.